The number of pyridine rings is 1. The lowest BCUT2D eigenvalue weighted by Crippen LogP contribution is -2.53. The maximum atomic E-state index is 4.47. The topological polar surface area (TPSA) is 43.8 Å². The van der Waals surface area contributed by atoms with Crippen LogP contribution < -0.4 is 10.2 Å². The van der Waals surface area contributed by atoms with E-state index in [0.717, 1.165) is 57.3 Å². The van der Waals surface area contributed by atoms with Crippen LogP contribution in [0.1, 0.15) is 18.1 Å². The molecule has 1 N–H and O–H groups in total. The molecular formula is C21H30IN5. The lowest BCUT2D eigenvalue weighted by molar-refractivity contribution is 0.372. The SMILES string of the molecule is CCc1ccc(CCNC(=NC)N2CCN(c3ccccn3)CC2)cc1.I. The number of hydrogen-bond donors (Lipinski definition) is 1. The highest BCUT2D eigenvalue weighted by Crippen LogP contribution is 2.12. The van der Waals surface area contributed by atoms with Crippen LogP contribution >= 0.6 is 24.0 Å². The molecule has 1 aromatic carbocycles. The Kier molecular flexibility index (Phi) is 8.84. The number of piperazine rings is 1. The standard InChI is InChI=1S/C21H29N5.HI/c1-3-18-7-9-19(10-8-18)11-13-24-21(22-2)26-16-14-25(15-17-26)20-6-4-5-12-23-20;/h4-10,12H,3,11,13-17H2,1-2H3,(H,22,24);1H. The zero-order valence-corrected chi connectivity index (χ0v) is 18.6. The molecule has 1 aliphatic rings. The Hall–Kier alpha value is -1.83. The van der Waals surface area contributed by atoms with E-state index in [1.165, 1.54) is 11.1 Å². The number of nitrogens with one attached hydrogen (secondary N) is 1. The van der Waals surface area contributed by atoms with Gasteiger partial charge in [-0.1, -0.05) is 37.3 Å². The summed E-state index contributed by atoms with van der Waals surface area (Å²) in [4.78, 5) is 13.6. The fraction of sp³-hybridized carbons (Fsp3) is 0.429. The fourth-order valence-electron chi connectivity index (χ4n) is 3.28. The van der Waals surface area contributed by atoms with Gasteiger partial charge in [0.1, 0.15) is 5.82 Å². The predicted molar refractivity (Wildman–Crippen MR) is 124 cm³/mol. The minimum Gasteiger partial charge on any atom is -0.356 e. The minimum atomic E-state index is 0. The number of aromatic nitrogens is 1. The van der Waals surface area contributed by atoms with Gasteiger partial charge in [0.15, 0.2) is 5.96 Å². The molecule has 1 fully saturated rings. The molecule has 5 nitrogen and oxygen atoms in total. The Morgan fingerprint density at radius 2 is 1.74 bits per heavy atom. The summed E-state index contributed by atoms with van der Waals surface area (Å²) in [6.45, 7) is 6.95. The number of guanidine groups is 1. The number of halogens is 1. The third kappa shape index (κ3) is 6.09. The summed E-state index contributed by atoms with van der Waals surface area (Å²) in [5.41, 5.74) is 2.76. The van der Waals surface area contributed by atoms with Crippen LogP contribution in [0.15, 0.2) is 53.7 Å². The average Bonchev–Trinajstić information content (AvgIpc) is 2.72. The molecule has 0 atom stereocenters. The highest BCUT2D eigenvalue weighted by molar-refractivity contribution is 14.0. The summed E-state index contributed by atoms with van der Waals surface area (Å²) >= 11 is 0. The maximum Gasteiger partial charge on any atom is 0.193 e. The van der Waals surface area contributed by atoms with Crippen molar-refractivity contribution in [1.82, 2.24) is 15.2 Å². The molecule has 146 valence electrons. The van der Waals surface area contributed by atoms with E-state index in [1.807, 2.05) is 25.4 Å². The van der Waals surface area contributed by atoms with Gasteiger partial charge in [-0.05, 0) is 36.1 Å². The van der Waals surface area contributed by atoms with Crippen LogP contribution in [0.5, 0.6) is 0 Å². The maximum absolute atomic E-state index is 4.47. The van der Waals surface area contributed by atoms with Crippen molar-refractivity contribution >= 4 is 35.8 Å². The zero-order chi connectivity index (χ0) is 18.2. The van der Waals surface area contributed by atoms with Gasteiger partial charge in [0.05, 0.1) is 0 Å². The van der Waals surface area contributed by atoms with Gasteiger partial charge in [-0.25, -0.2) is 4.98 Å². The molecule has 0 unspecified atom stereocenters. The number of hydrogen-bond acceptors (Lipinski definition) is 3. The first-order chi connectivity index (χ1) is 12.8. The highest BCUT2D eigenvalue weighted by atomic mass is 127. The summed E-state index contributed by atoms with van der Waals surface area (Å²) in [6.07, 6.45) is 3.96. The summed E-state index contributed by atoms with van der Waals surface area (Å²) in [6, 6.07) is 15.0. The monoisotopic (exact) mass is 479 g/mol. The van der Waals surface area contributed by atoms with Crippen LogP contribution in [0.3, 0.4) is 0 Å². The van der Waals surface area contributed by atoms with E-state index in [-0.39, 0.29) is 24.0 Å². The van der Waals surface area contributed by atoms with Gasteiger partial charge in [-0.2, -0.15) is 0 Å². The van der Waals surface area contributed by atoms with Gasteiger partial charge in [0.25, 0.3) is 0 Å². The number of nitrogens with zero attached hydrogens (tertiary/aromatic N) is 4. The third-order valence-electron chi connectivity index (χ3n) is 4.89. The van der Waals surface area contributed by atoms with E-state index in [9.17, 15) is 0 Å². The van der Waals surface area contributed by atoms with E-state index >= 15 is 0 Å². The van der Waals surface area contributed by atoms with Gasteiger partial charge >= 0.3 is 0 Å². The summed E-state index contributed by atoms with van der Waals surface area (Å²) in [5, 5.41) is 3.51. The smallest absolute Gasteiger partial charge is 0.193 e. The van der Waals surface area contributed by atoms with E-state index in [1.54, 1.807) is 0 Å². The highest BCUT2D eigenvalue weighted by Gasteiger charge is 2.20. The molecule has 0 spiro atoms. The molecule has 0 amide bonds. The van der Waals surface area contributed by atoms with Crippen LogP contribution in [-0.2, 0) is 12.8 Å². The Labute approximate surface area is 179 Å². The number of aryl methyl sites for hydroxylation is 1. The first kappa shape index (κ1) is 21.5. The summed E-state index contributed by atoms with van der Waals surface area (Å²) < 4.78 is 0. The molecule has 0 radical (unpaired) electrons. The third-order valence-corrected chi connectivity index (χ3v) is 4.89. The van der Waals surface area contributed by atoms with Gasteiger partial charge in [-0.3, -0.25) is 4.99 Å². The van der Waals surface area contributed by atoms with Gasteiger partial charge in [0.2, 0.25) is 0 Å². The van der Waals surface area contributed by atoms with Crippen LogP contribution in [0.25, 0.3) is 0 Å². The van der Waals surface area contributed by atoms with Crippen LogP contribution in [-0.4, -0.2) is 55.6 Å². The van der Waals surface area contributed by atoms with Crippen molar-refractivity contribution in [2.75, 3.05) is 44.7 Å². The lowest BCUT2D eigenvalue weighted by Gasteiger charge is -2.37. The molecule has 6 heteroatoms. The number of anilines is 1. The van der Waals surface area contributed by atoms with Crippen molar-refractivity contribution in [3.05, 3.63) is 59.8 Å². The number of aliphatic imine (C=N–C) groups is 1. The first-order valence-electron chi connectivity index (χ1n) is 9.49. The number of rotatable bonds is 5. The second-order valence-electron chi connectivity index (χ2n) is 6.56. The molecule has 2 heterocycles. The van der Waals surface area contributed by atoms with Crippen molar-refractivity contribution in [2.45, 2.75) is 19.8 Å². The van der Waals surface area contributed by atoms with Gasteiger partial charge in [0, 0.05) is 46.0 Å². The molecule has 0 saturated carbocycles. The molecular weight excluding hydrogens is 449 g/mol. The van der Waals surface area contributed by atoms with E-state index in [4.69, 9.17) is 0 Å². The second-order valence-corrected chi connectivity index (χ2v) is 6.56. The lowest BCUT2D eigenvalue weighted by atomic mass is 10.1. The van der Waals surface area contributed by atoms with E-state index in [0.29, 0.717) is 0 Å². The minimum absolute atomic E-state index is 0. The summed E-state index contributed by atoms with van der Waals surface area (Å²) in [7, 11) is 1.86. The van der Waals surface area contributed by atoms with Gasteiger partial charge < -0.3 is 15.1 Å². The molecule has 0 bridgehead atoms. The van der Waals surface area contributed by atoms with E-state index in [2.05, 4.69) is 62.3 Å². The second kappa shape index (κ2) is 11.1. The van der Waals surface area contributed by atoms with Crippen LogP contribution in [0, 0.1) is 0 Å². The van der Waals surface area contributed by atoms with Crippen molar-refractivity contribution in [1.29, 1.82) is 0 Å². The molecule has 1 aliphatic heterocycles. The molecule has 2 aromatic rings. The van der Waals surface area contributed by atoms with Crippen molar-refractivity contribution in [2.24, 2.45) is 4.99 Å². The molecule has 1 saturated heterocycles. The Bertz CT molecular complexity index is 694. The predicted octanol–water partition coefficient (Wildman–Crippen LogP) is 3.20. The van der Waals surface area contributed by atoms with Gasteiger partial charge in [-0.15, -0.1) is 24.0 Å². The van der Waals surface area contributed by atoms with Crippen molar-refractivity contribution in [3.8, 4) is 0 Å². The Balaban J connectivity index is 0.00000261. The molecule has 27 heavy (non-hydrogen) atoms. The first-order valence-corrected chi connectivity index (χ1v) is 9.49. The molecule has 0 aliphatic carbocycles. The molecule has 1 aromatic heterocycles. The van der Waals surface area contributed by atoms with Crippen LogP contribution in [0.4, 0.5) is 5.82 Å². The quantitative estimate of drug-likeness (QED) is 0.407. The summed E-state index contributed by atoms with van der Waals surface area (Å²) in [5.74, 6) is 2.06. The van der Waals surface area contributed by atoms with Crippen molar-refractivity contribution in [3.63, 3.8) is 0 Å². The Morgan fingerprint density at radius 1 is 1.04 bits per heavy atom. The largest absolute Gasteiger partial charge is 0.356 e. The average molecular weight is 479 g/mol. The number of benzene rings is 1. The fourth-order valence-corrected chi connectivity index (χ4v) is 3.28. The molecule has 3 rings (SSSR count). The Morgan fingerprint density at radius 3 is 2.33 bits per heavy atom. The van der Waals surface area contributed by atoms with E-state index < -0.39 is 0 Å². The normalized spacial score (nSPS) is 14.7. The zero-order valence-electron chi connectivity index (χ0n) is 16.3. The van der Waals surface area contributed by atoms with Crippen molar-refractivity contribution < 1.29 is 0 Å². The van der Waals surface area contributed by atoms with Crippen LogP contribution in [0.2, 0.25) is 0 Å².